The fraction of sp³-hybridized carbons (Fsp3) is 0.231. The SMILES string of the molecule is COc1ccc(-c2nc(C)c(C(=O)O)s2)cc1OC. The molecule has 0 aliphatic carbocycles. The molecule has 0 unspecified atom stereocenters. The van der Waals surface area contributed by atoms with Gasteiger partial charge in [-0.1, -0.05) is 0 Å². The molecular formula is C13H13NO4S. The number of rotatable bonds is 4. The first kappa shape index (κ1) is 13.4. The van der Waals surface area contributed by atoms with Crippen molar-refractivity contribution >= 4 is 17.3 Å². The first-order valence-corrected chi connectivity index (χ1v) is 6.31. The number of hydrogen-bond donors (Lipinski definition) is 1. The Hall–Kier alpha value is -2.08. The van der Waals surface area contributed by atoms with Gasteiger partial charge in [-0.15, -0.1) is 11.3 Å². The van der Waals surface area contributed by atoms with Gasteiger partial charge in [0.1, 0.15) is 9.88 Å². The monoisotopic (exact) mass is 279 g/mol. The molecule has 0 saturated carbocycles. The molecule has 1 heterocycles. The average molecular weight is 279 g/mol. The molecule has 0 spiro atoms. The van der Waals surface area contributed by atoms with E-state index >= 15 is 0 Å². The van der Waals surface area contributed by atoms with Crippen LogP contribution in [0.25, 0.3) is 10.6 Å². The number of carbonyl (C=O) groups is 1. The predicted molar refractivity (Wildman–Crippen MR) is 72.4 cm³/mol. The second kappa shape index (κ2) is 5.27. The molecule has 1 aromatic carbocycles. The van der Waals surface area contributed by atoms with Crippen molar-refractivity contribution < 1.29 is 19.4 Å². The summed E-state index contributed by atoms with van der Waals surface area (Å²) in [4.78, 5) is 15.5. The topological polar surface area (TPSA) is 68.7 Å². The second-order valence-electron chi connectivity index (χ2n) is 3.81. The van der Waals surface area contributed by atoms with Crippen LogP contribution in [-0.2, 0) is 0 Å². The lowest BCUT2D eigenvalue weighted by Crippen LogP contribution is -1.94. The summed E-state index contributed by atoms with van der Waals surface area (Å²) in [5, 5.41) is 9.68. The standard InChI is InChI=1S/C13H13NO4S/c1-7-11(13(15)16)19-12(14-7)8-4-5-9(17-2)10(6-8)18-3/h4-6H,1-3H3,(H,15,16). The summed E-state index contributed by atoms with van der Waals surface area (Å²) in [5.74, 6) is 0.254. The van der Waals surface area contributed by atoms with Crippen LogP contribution in [0.1, 0.15) is 15.4 Å². The number of aromatic nitrogens is 1. The molecule has 0 fully saturated rings. The van der Waals surface area contributed by atoms with Gasteiger partial charge in [-0.25, -0.2) is 9.78 Å². The molecule has 0 aliphatic heterocycles. The summed E-state index contributed by atoms with van der Waals surface area (Å²) in [6.45, 7) is 1.68. The van der Waals surface area contributed by atoms with Crippen molar-refractivity contribution in [3.63, 3.8) is 0 Å². The maximum atomic E-state index is 11.0. The molecular weight excluding hydrogens is 266 g/mol. The fourth-order valence-electron chi connectivity index (χ4n) is 1.69. The molecule has 1 aromatic heterocycles. The Morgan fingerprint density at radius 3 is 2.47 bits per heavy atom. The smallest absolute Gasteiger partial charge is 0.347 e. The highest BCUT2D eigenvalue weighted by Crippen LogP contribution is 2.34. The van der Waals surface area contributed by atoms with E-state index in [0.29, 0.717) is 22.2 Å². The van der Waals surface area contributed by atoms with E-state index in [1.54, 1.807) is 33.3 Å². The number of aryl methyl sites for hydroxylation is 1. The molecule has 2 rings (SSSR count). The number of hydrogen-bond acceptors (Lipinski definition) is 5. The quantitative estimate of drug-likeness (QED) is 0.932. The lowest BCUT2D eigenvalue weighted by Gasteiger charge is -2.08. The van der Waals surface area contributed by atoms with E-state index in [1.807, 2.05) is 6.07 Å². The molecule has 0 aliphatic rings. The van der Waals surface area contributed by atoms with Crippen LogP contribution in [0.4, 0.5) is 0 Å². The first-order chi connectivity index (χ1) is 9.06. The van der Waals surface area contributed by atoms with E-state index in [1.165, 1.54) is 0 Å². The number of aromatic carboxylic acids is 1. The van der Waals surface area contributed by atoms with Crippen LogP contribution in [0.3, 0.4) is 0 Å². The van der Waals surface area contributed by atoms with Gasteiger partial charge in [-0.2, -0.15) is 0 Å². The third kappa shape index (κ3) is 2.53. The van der Waals surface area contributed by atoms with Gasteiger partial charge in [0, 0.05) is 5.56 Å². The summed E-state index contributed by atoms with van der Waals surface area (Å²) < 4.78 is 10.4. The molecule has 0 radical (unpaired) electrons. The molecule has 0 atom stereocenters. The van der Waals surface area contributed by atoms with E-state index in [-0.39, 0.29) is 4.88 Å². The van der Waals surface area contributed by atoms with Gasteiger partial charge in [0.15, 0.2) is 11.5 Å². The molecule has 0 amide bonds. The van der Waals surface area contributed by atoms with Crippen LogP contribution in [0.15, 0.2) is 18.2 Å². The predicted octanol–water partition coefficient (Wildman–Crippen LogP) is 2.83. The highest BCUT2D eigenvalue weighted by molar-refractivity contribution is 7.17. The lowest BCUT2D eigenvalue weighted by molar-refractivity contribution is 0.0701. The summed E-state index contributed by atoms with van der Waals surface area (Å²) in [6, 6.07) is 5.37. The lowest BCUT2D eigenvalue weighted by atomic mass is 10.2. The number of carboxylic acid groups (broad SMARTS) is 1. The van der Waals surface area contributed by atoms with Crippen LogP contribution in [0.2, 0.25) is 0 Å². The molecule has 100 valence electrons. The number of nitrogens with zero attached hydrogens (tertiary/aromatic N) is 1. The van der Waals surface area contributed by atoms with E-state index in [0.717, 1.165) is 16.9 Å². The Bertz CT molecular complexity index is 621. The molecule has 19 heavy (non-hydrogen) atoms. The molecule has 0 bridgehead atoms. The molecule has 6 heteroatoms. The van der Waals surface area contributed by atoms with E-state index < -0.39 is 5.97 Å². The zero-order valence-electron chi connectivity index (χ0n) is 10.8. The van der Waals surface area contributed by atoms with Crippen LogP contribution >= 0.6 is 11.3 Å². The molecule has 1 N–H and O–H groups in total. The number of carboxylic acids is 1. The van der Waals surface area contributed by atoms with Crippen molar-refractivity contribution in [3.05, 3.63) is 28.8 Å². The zero-order chi connectivity index (χ0) is 14.0. The van der Waals surface area contributed by atoms with Crippen molar-refractivity contribution in [3.8, 4) is 22.1 Å². The van der Waals surface area contributed by atoms with Crippen molar-refractivity contribution in [2.45, 2.75) is 6.92 Å². The minimum atomic E-state index is -0.957. The van der Waals surface area contributed by atoms with Crippen molar-refractivity contribution in [1.82, 2.24) is 4.98 Å². The second-order valence-corrected chi connectivity index (χ2v) is 4.81. The fourth-order valence-corrected chi connectivity index (χ4v) is 2.59. The minimum absolute atomic E-state index is 0.254. The van der Waals surface area contributed by atoms with Crippen LogP contribution in [-0.4, -0.2) is 30.3 Å². The van der Waals surface area contributed by atoms with Crippen LogP contribution in [0, 0.1) is 6.92 Å². The first-order valence-electron chi connectivity index (χ1n) is 5.50. The molecule has 5 nitrogen and oxygen atoms in total. The van der Waals surface area contributed by atoms with E-state index in [4.69, 9.17) is 14.6 Å². The third-order valence-electron chi connectivity index (χ3n) is 2.62. The Balaban J connectivity index is 2.47. The van der Waals surface area contributed by atoms with Gasteiger partial charge in [-0.05, 0) is 25.1 Å². The van der Waals surface area contributed by atoms with E-state index in [9.17, 15) is 4.79 Å². The normalized spacial score (nSPS) is 10.3. The number of benzene rings is 1. The van der Waals surface area contributed by atoms with Crippen molar-refractivity contribution in [2.24, 2.45) is 0 Å². The summed E-state index contributed by atoms with van der Waals surface area (Å²) in [5.41, 5.74) is 1.32. The Labute approximate surface area is 114 Å². The van der Waals surface area contributed by atoms with Crippen LogP contribution in [0.5, 0.6) is 11.5 Å². The van der Waals surface area contributed by atoms with Gasteiger partial charge >= 0.3 is 5.97 Å². The average Bonchev–Trinajstić information content (AvgIpc) is 2.80. The maximum Gasteiger partial charge on any atom is 0.347 e. The summed E-state index contributed by atoms with van der Waals surface area (Å²) >= 11 is 1.15. The zero-order valence-corrected chi connectivity index (χ0v) is 11.6. The molecule has 2 aromatic rings. The number of ether oxygens (including phenoxy) is 2. The van der Waals surface area contributed by atoms with Gasteiger partial charge in [-0.3, -0.25) is 0 Å². The highest BCUT2D eigenvalue weighted by atomic mass is 32.1. The van der Waals surface area contributed by atoms with Crippen molar-refractivity contribution in [2.75, 3.05) is 14.2 Å². The van der Waals surface area contributed by atoms with Crippen LogP contribution < -0.4 is 9.47 Å². The summed E-state index contributed by atoms with van der Waals surface area (Å²) in [6.07, 6.45) is 0. The van der Waals surface area contributed by atoms with Crippen molar-refractivity contribution in [1.29, 1.82) is 0 Å². The van der Waals surface area contributed by atoms with Gasteiger partial charge < -0.3 is 14.6 Å². The molecule has 0 saturated heterocycles. The van der Waals surface area contributed by atoms with Gasteiger partial charge in [0.2, 0.25) is 0 Å². The third-order valence-corrected chi connectivity index (χ3v) is 3.82. The number of methoxy groups -OCH3 is 2. The Kier molecular flexibility index (Phi) is 3.71. The highest BCUT2D eigenvalue weighted by Gasteiger charge is 2.16. The Morgan fingerprint density at radius 2 is 1.95 bits per heavy atom. The van der Waals surface area contributed by atoms with E-state index in [2.05, 4.69) is 4.98 Å². The largest absolute Gasteiger partial charge is 0.493 e. The Morgan fingerprint density at radius 1 is 1.26 bits per heavy atom. The van der Waals surface area contributed by atoms with Gasteiger partial charge in [0.05, 0.1) is 19.9 Å². The summed E-state index contributed by atoms with van der Waals surface area (Å²) in [7, 11) is 3.12. The minimum Gasteiger partial charge on any atom is -0.493 e. The number of thiazole rings is 1. The van der Waals surface area contributed by atoms with Gasteiger partial charge in [0.25, 0.3) is 0 Å². The maximum absolute atomic E-state index is 11.0.